The van der Waals surface area contributed by atoms with Crippen LogP contribution in [-0.2, 0) is 9.84 Å². The summed E-state index contributed by atoms with van der Waals surface area (Å²) in [6.07, 6.45) is 3.05. The molecule has 5 heteroatoms. The van der Waals surface area contributed by atoms with Crippen LogP contribution in [0, 0.1) is 0 Å². The molecule has 0 aromatic heterocycles. The molecule has 1 atom stereocenters. The van der Waals surface area contributed by atoms with E-state index in [1.807, 2.05) is 0 Å². The monoisotopic (exact) mass is 249 g/mol. The molecule has 1 fully saturated rings. The molecule has 4 nitrogen and oxygen atoms in total. The fourth-order valence-corrected chi connectivity index (χ4v) is 3.62. The fraction of sp³-hybridized carbons (Fsp3) is 1.00. The summed E-state index contributed by atoms with van der Waals surface area (Å²) < 4.78 is 22.6. The summed E-state index contributed by atoms with van der Waals surface area (Å²) in [5.41, 5.74) is -0.0689. The lowest BCUT2D eigenvalue weighted by molar-refractivity contribution is 0.198. The molecule has 0 aromatic carbocycles. The average Bonchev–Trinajstić information content (AvgIpc) is 2.22. The molecule has 1 aliphatic rings. The molecule has 0 aliphatic carbocycles. The van der Waals surface area contributed by atoms with Gasteiger partial charge in [-0.05, 0) is 32.6 Å². The number of hydrogen-bond donors (Lipinski definition) is 2. The molecule has 0 saturated carbocycles. The van der Waals surface area contributed by atoms with Crippen LogP contribution in [0.5, 0.6) is 0 Å². The van der Waals surface area contributed by atoms with Gasteiger partial charge in [0, 0.05) is 18.2 Å². The highest BCUT2D eigenvalue weighted by Gasteiger charge is 2.29. The zero-order valence-corrected chi connectivity index (χ0v) is 11.0. The lowest BCUT2D eigenvalue weighted by atomic mass is 9.93. The van der Waals surface area contributed by atoms with E-state index in [1.54, 1.807) is 0 Å². The van der Waals surface area contributed by atoms with Crippen molar-refractivity contribution in [3.8, 4) is 0 Å². The predicted molar refractivity (Wildman–Crippen MR) is 65.2 cm³/mol. The van der Waals surface area contributed by atoms with E-state index in [0.717, 1.165) is 6.42 Å². The SMILES string of the molecule is CCC(C)(CCO)NC1CCS(=O)(=O)CC1. The number of hydrogen-bond acceptors (Lipinski definition) is 4. The molecule has 1 rings (SSSR count). The Morgan fingerprint density at radius 1 is 1.38 bits per heavy atom. The van der Waals surface area contributed by atoms with Crippen LogP contribution in [-0.4, -0.2) is 43.2 Å². The second-order valence-electron chi connectivity index (χ2n) is 4.96. The van der Waals surface area contributed by atoms with Crippen molar-refractivity contribution < 1.29 is 13.5 Å². The average molecular weight is 249 g/mol. The maximum absolute atomic E-state index is 11.3. The number of sulfone groups is 1. The summed E-state index contributed by atoms with van der Waals surface area (Å²) in [5.74, 6) is 0.590. The molecule has 1 heterocycles. The van der Waals surface area contributed by atoms with E-state index >= 15 is 0 Å². The molecule has 0 aromatic rings. The first-order valence-corrected chi connectivity index (χ1v) is 7.82. The van der Waals surface area contributed by atoms with Crippen molar-refractivity contribution >= 4 is 9.84 Å². The van der Waals surface area contributed by atoms with Gasteiger partial charge in [-0.25, -0.2) is 8.42 Å². The fourth-order valence-electron chi connectivity index (χ4n) is 2.12. The molecule has 0 amide bonds. The molecule has 96 valence electrons. The van der Waals surface area contributed by atoms with E-state index in [2.05, 4.69) is 19.2 Å². The molecule has 1 unspecified atom stereocenters. The number of aliphatic hydroxyl groups excluding tert-OH is 1. The van der Waals surface area contributed by atoms with Gasteiger partial charge in [-0.1, -0.05) is 6.92 Å². The van der Waals surface area contributed by atoms with Crippen LogP contribution in [0.25, 0.3) is 0 Å². The van der Waals surface area contributed by atoms with Crippen molar-refractivity contribution in [3.05, 3.63) is 0 Å². The van der Waals surface area contributed by atoms with Crippen LogP contribution in [0.15, 0.2) is 0 Å². The smallest absolute Gasteiger partial charge is 0.150 e. The summed E-state index contributed by atoms with van der Waals surface area (Å²) in [4.78, 5) is 0. The molecular formula is C11H23NO3S. The van der Waals surface area contributed by atoms with E-state index in [0.29, 0.717) is 30.8 Å². The molecule has 1 saturated heterocycles. The first-order valence-electron chi connectivity index (χ1n) is 6.00. The predicted octanol–water partition coefficient (Wildman–Crippen LogP) is 0.704. The third-order valence-electron chi connectivity index (χ3n) is 3.55. The van der Waals surface area contributed by atoms with Gasteiger partial charge in [0.25, 0.3) is 0 Å². The minimum Gasteiger partial charge on any atom is -0.396 e. The first kappa shape index (κ1) is 13.9. The van der Waals surface area contributed by atoms with Crippen molar-refractivity contribution in [1.82, 2.24) is 5.32 Å². The van der Waals surface area contributed by atoms with Gasteiger partial charge in [0.15, 0.2) is 0 Å². The summed E-state index contributed by atoms with van der Waals surface area (Å²) in [7, 11) is -2.78. The van der Waals surface area contributed by atoms with Crippen LogP contribution in [0.4, 0.5) is 0 Å². The van der Waals surface area contributed by atoms with Crippen molar-refractivity contribution in [3.63, 3.8) is 0 Å². The second-order valence-corrected chi connectivity index (χ2v) is 7.26. The second kappa shape index (κ2) is 5.47. The van der Waals surface area contributed by atoms with E-state index in [4.69, 9.17) is 5.11 Å². The largest absolute Gasteiger partial charge is 0.396 e. The first-order chi connectivity index (χ1) is 7.41. The van der Waals surface area contributed by atoms with Crippen LogP contribution in [0.2, 0.25) is 0 Å². The summed E-state index contributed by atoms with van der Waals surface area (Å²) in [6.45, 7) is 4.34. The highest BCUT2D eigenvalue weighted by Crippen LogP contribution is 2.20. The summed E-state index contributed by atoms with van der Waals surface area (Å²) >= 11 is 0. The van der Waals surface area contributed by atoms with Crippen molar-refractivity contribution in [1.29, 1.82) is 0 Å². The highest BCUT2D eigenvalue weighted by atomic mass is 32.2. The van der Waals surface area contributed by atoms with Crippen LogP contribution >= 0.6 is 0 Å². The van der Waals surface area contributed by atoms with Gasteiger partial charge in [-0.3, -0.25) is 0 Å². The highest BCUT2D eigenvalue weighted by molar-refractivity contribution is 7.91. The standard InChI is InChI=1S/C11H23NO3S/c1-3-11(2,6-7-13)12-10-4-8-16(14,15)9-5-10/h10,12-13H,3-9H2,1-2H3. The van der Waals surface area contributed by atoms with Crippen LogP contribution in [0.3, 0.4) is 0 Å². The maximum atomic E-state index is 11.3. The Hall–Kier alpha value is -0.130. The van der Waals surface area contributed by atoms with Crippen LogP contribution in [0.1, 0.15) is 39.5 Å². The van der Waals surface area contributed by atoms with E-state index in [9.17, 15) is 8.42 Å². The molecule has 0 radical (unpaired) electrons. The van der Waals surface area contributed by atoms with Gasteiger partial charge < -0.3 is 10.4 Å². The number of rotatable bonds is 5. The summed E-state index contributed by atoms with van der Waals surface area (Å²) in [6, 6.07) is 0.278. The number of aliphatic hydroxyl groups is 1. The molecule has 0 spiro atoms. The lowest BCUT2D eigenvalue weighted by Gasteiger charge is -2.35. The van der Waals surface area contributed by atoms with E-state index in [1.165, 1.54) is 0 Å². The zero-order valence-electron chi connectivity index (χ0n) is 10.2. The van der Waals surface area contributed by atoms with Gasteiger partial charge in [-0.15, -0.1) is 0 Å². The quantitative estimate of drug-likeness (QED) is 0.753. The Bertz CT molecular complexity index is 301. The molecule has 0 bridgehead atoms. The Morgan fingerprint density at radius 2 is 1.94 bits per heavy atom. The van der Waals surface area contributed by atoms with Gasteiger partial charge >= 0.3 is 0 Å². The molecule has 16 heavy (non-hydrogen) atoms. The normalized spacial score (nSPS) is 25.2. The minimum atomic E-state index is -2.78. The van der Waals surface area contributed by atoms with Crippen molar-refractivity contribution in [2.24, 2.45) is 0 Å². The molecular weight excluding hydrogens is 226 g/mol. The van der Waals surface area contributed by atoms with Gasteiger partial charge in [0.2, 0.25) is 0 Å². The van der Waals surface area contributed by atoms with Gasteiger partial charge in [0.1, 0.15) is 9.84 Å². The summed E-state index contributed by atoms with van der Waals surface area (Å²) in [5, 5.41) is 12.5. The Balaban J connectivity index is 2.48. The van der Waals surface area contributed by atoms with Gasteiger partial charge in [0.05, 0.1) is 11.5 Å². The molecule has 1 aliphatic heterocycles. The van der Waals surface area contributed by atoms with Crippen molar-refractivity contribution in [2.75, 3.05) is 18.1 Å². The number of nitrogens with one attached hydrogen (secondary N) is 1. The Morgan fingerprint density at radius 3 is 2.38 bits per heavy atom. The van der Waals surface area contributed by atoms with E-state index < -0.39 is 9.84 Å². The Labute approximate surface area is 98.4 Å². The van der Waals surface area contributed by atoms with Crippen molar-refractivity contribution in [2.45, 2.75) is 51.1 Å². The van der Waals surface area contributed by atoms with Crippen LogP contribution < -0.4 is 5.32 Å². The third kappa shape index (κ3) is 4.03. The Kier molecular flexibility index (Phi) is 4.76. The molecule has 2 N–H and O–H groups in total. The topological polar surface area (TPSA) is 66.4 Å². The van der Waals surface area contributed by atoms with Gasteiger partial charge in [-0.2, -0.15) is 0 Å². The minimum absolute atomic E-state index is 0.0689. The zero-order chi connectivity index (χ0) is 12.2. The maximum Gasteiger partial charge on any atom is 0.150 e. The lowest BCUT2D eigenvalue weighted by Crippen LogP contribution is -2.50. The van der Waals surface area contributed by atoms with E-state index in [-0.39, 0.29) is 18.2 Å². The third-order valence-corrected chi connectivity index (χ3v) is 5.27.